The summed E-state index contributed by atoms with van der Waals surface area (Å²) in [6, 6.07) is 9.12. The molecule has 2 heterocycles. The van der Waals surface area contributed by atoms with Crippen molar-refractivity contribution in [2.45, 2.75) is 0 Å². The summed E-state index contributed by atoms with van der Waals surface area (Å²) < 4.78 is 1.70. The van der Waals surface area contributed by atoms with Crippen LogP contribution in [0.2, 0.25) is 0 Å². The number of carbonyl (C=O) groups excluding carboxylic acids is 1. The molecule has 1 aromatic carbocycles. The van der Waals surface area contributed by atoms with Crippen molar-refractivity contribution < 1.29 is 4.79 Å². The minimum atomic E-state index is -0.404. The summed E-state index contributed by atoms with van der Waals surface area (Å²) >= 11 is 0. The number of nitrogen functional groups attached to an aromatic ring is 1. The van der Waals surface area contributed by atoms with E-state index in [2.05, 4.69) is 20.4 Å². The van der Waals surface area contributed by atoms with Gasteiger partial charge in [0.1, 0.15) is 0 Å². The quantitative estimate of drug-likeness (QED) is 0.757. The van der Waals surface area contributed by atoms with Gasteiger partial charge in [-0.1, -0.05) is 6.07 Å². The zero-order valence-electron chi connectivity index (χ0n) is 11.0. The van der Waals surface area contributed by atoms with E-state index >= 15 is 0 Å². The summed E-state index contributed by atoms with van der Waals surface area (Å²) in [5, 5.41) is 6.88. The molecule has 0 spiro atoms. The Labute approximate surface area is 120 Å². The van der Waals surface area contributed by atoms with Gasteiger partial charge in [0.15, 0.2) is 11.5 Å². The molecule has 0 fully saturated rings. The highest BCUT2D eigenvalue weighted by Crippen LogP contribution is 2.15. The van der Waals surface area contributed by atoms with Gasteiger partial charge in [-0.25, -0.2) is 14.6 Å². The number of hydrogen-bond donors (Lipinski definition) is 2. The molecule has 0 bridgehead atoms. The summed E-state index contributed by atoms with van der Waals surface area (Å²) in [6.45, 7) is 0. The van der Waals surface area contributed by atoms with Gasteiger partial charge in [0.05, 0.1) is 5.69 Å². The largest absolute Gasteiger partial charge is 0.382 e. The highest BCUT2D eigenvalue weighted by molar-refractivity contribution is 6.05. The molecule has 0 aliphatic carbocycles. The molecule has 0 unspecified atom stereocenters. The fourth-order valence-corrected chi connectivity index (χ4v) is 1.86. The Balaban J connectivity index is 1.84. The highest BCUT2D eigenvalue weighted by atomic mass is 16.1. The van der Waals surface area contributed by atoms with Gasteiger partial charge in [-0.2, -0.15) is 5.10 Å². The predicted molar refractivity (Wildman–Crippen MR) is 78.0 cm³/mol. The molecule has 0 aliphatic rings. The van der Waals surface area contributed by atoms with Crippen molar-refractivity contribution in [2.24, 2.45) is 0 Å². The summed E-state index contributed by atoms with van der Waals surface area (Å²) in [7, 11) is 0. The number of nitrogens with zero attached hydrogens (tertiary/aromatic N) is 4. The van der Waals surface area contributed by atoms with Crippen LogP contribution in [0.3, 0.4) is 0 Å². The van der Waals surface area contributed by atoms with Crippen LogP contribution in [-0.4, -0.2) is 25.7 Å². The van der Waals surface area contributed by atoms with E-state index in [0.29, 0.717) is 5.69 Å². The number of rotatable bonds is 3. The van der Waals surface area contributed by atoms with Crippen LogP contribution in [0.15, 0.2) is 55.1 Å². The molecule has 0 saturated heterocycles. The van der Waals surface area contributed by atoms with Crippen LogP contribution >= 0.6 is 0 Å². The van der Waals surface area contributed by atoms with Crippen LogP contribution in [0, 0.1) is 0 Å². The predicted octanol–water partition coefficient (Wildman–Crippen LogP) is 1.50. The second kappa shape index (κ2) is 5.41. The zero-order valence-corrected chi connectivity index (χ0v) is 11.0. The number of nitrogens with one attached hydrogen (secondary N) is 1. The maximum atomic E-state index is 12.1. The third-order valence-electron chi connectivity index (χ3n) is 2.81. The van der Waals surface area contributed by atoms with Crippen LogP contribution in [0.5, 0.6) is 0 Å². The lowest BCUT2D eigenvalue weighted by molar-refractivity contribution is 0.102. The van der Waals surface area contributed by atoms with Crippen molar-refractivity contribution in [3.05, 3.63) is 60.8 Å². The Bertz CT molecular complexity index is 769. The van der Waals surface area contributed by atoms with Crippen molar-refractivity contribution >= 4 is 17.4 Å². The number of nitrogens with two attached hydrogens (primary N) is 1. The molecule has 3 aromatic rings. The fraction of sp³-hybridized carbons (Fsp3) is 0. The van der Waals surface area contributed by atoms with E-state index in [-0.39, 0.29) is 11.5 Å². The first kappa shape index (κ1) is 12.8. The van der Waals surface area contributed by atoms with Crippen molar-refractivity contribution in [2.75, 3.05) is 11.1 Å². The number of carbonyl (C=O) groups is 1. The van der Waals surface area contributed by atoms with E-state index in [1.54, 1.807) is 23.0 Å². The molecular formula is C14H12N6O. The van der Waals surface area contributed by atoms with Gasteiger partial charge in [0.25, 0.3) is 5.91 Å². The smallest absolute Gasteiger partial charge is 0.278 e. The third kappa shape index (κ3) is 2.71. The molecule has 3 N–H and O–H groups in total. The lowest BCUT2D eigenvalue weighted by Gasteiger charge is -2.08. The summed E-state index contributed by atoms with van der Waals surface area (Å²) in [4.78, 5) is 19.9. The van der Waals surface area contributed by atoms with E-state index in [0.717, 1.165) is 5.69 Å². The first-order chi connectivity index (χ1) is 10.2. The van der Waals surface area contributed by atoms with Gasteiger partial charge < -0.3 is 11.1 Å². The average molecular weight is 280 g/mol. The van der Waals surface area contributed by atoms with E-state index < -0.39 is 5.91 Å². The first-order valence-electron chi connectivity index (χ1n) is 6.22. The van der Waals surface area contributed by atoms with Gasteiger partial charge in [-0.15, -0.1) is 0 Å². The average Bonchev–Trinajstić information content (AvgIpc) is 3.02. The Morgan fingerprint density at radius 3 is 2.76 bits per heavy atom. The Hall–Kier alpha value is -3.22. The van der Waals surface area contributed by atoms with E-state index in [4.69, 9.17) is 5.73 Å². The number of aromatic nitrogens is 4. The maximum Gasteiger partial charge on any atom is 0.278 e. The lowest BCUT2D eigenvalue weighted by atomic mass is 10.2. The monoisotopic (exact) mass is 280 g/mol. The van der Waals surface area contributed by atoms with E-state index in [9.17, 15) is 4.79 Å². The molecule has 0 saturated carbocycles. The highest BCUT2D eigenvalue weighted by Gasteiger charge is 2.12. The van der Waals surface area contributed by atoms with Crippen molar-refractivity contribution in [3.8, 4) is 5.69 Å². The van der Waals surface area contributed by atoms with Crippen molar-refractivity contribution in [1.82, 2.24) is 19.7 Å². The standard InChI is InChI=1S/C14H12N6O/c15-13-12(16-6-7-17-13)14(21)19-10-3-1-4-11(9-10)20-8-2-5-18-20/h1-9H,(H2,15,17)(H,19,21). The molecular weight excluding hydrogens is 268 g/mol. The molecule has 7 nitrogen and oxygen atoms in total. The minimum Gasteiger partial charge on any atom is -0.382 e. The zero-order chi connectivity index (χ0) is 14.7. The number of hydrogen-bond acceptors (Lipinski definition) is 5. The number of benzene rings is 1. The number of amides is 1. The van der Waals surface area contributed by atoms with Gasteiger partial charge in [0.2, 0.25) is 0 Å². The van der Waals surface area contributed by atoms with Crippen molar-refractivity contribution in [3.63, 3.8) is 0 Å². The molecule has 2 aromatic heterocycles. The number of anilines is 2. The summed E-state index contributed by atoms with van der Waals surface area (Å²) in [5.74, 6) is -0.309. The summed E-state index contributed by atoms with van der Waals surface area (Å²) in [5.41, 5.74) is 7.19. The fourth-order valence-electron chi connectivity index (χ4n) is 1.86. The van der Waals surface area contributed by atoms with Crippen LogP contribution in [0.1, 0.15) is 10.5 Å². The normalized spacial score (nSPS) is 10.3. The van der Waals surface area contributed by atoms with Crippen LogP contribution in [0.25, 0.3) is 5.69 Å². The Kier molecular flexibility index (Phi) is 3.30. The van der Waals surface area contributed by atoms with Gasteiger partial charge in [-0.05, 0) is 24.3 Å². The second-order valence-corrected chi connectivity index (χ2v) is 4.25. The molecule has 3 rings (SSSR count). The molecule has 7 heteroatoms. The first-order valence-corrected chi connectivity index (χ1v) is 6.22. The van der Waals surface area contributed by atoms with Crippen LogP contribution in [0.4, 0.5) is 11.5 Å². The van der Waals surface area contributed by atoms with Crippen LogP contribution in [-0.2, 0) is 0 Å². The molecule has 1 amide bonds. The molecule has 0 aliphatic heterocycles. The Morgan fingerprint density at radius 2 is 2.00 bits per heavy atom. The maximum absolute atomic E-state index is 12.1. The van der Waals surface area contributed by atoms with Gasteiger partial charge in [-0.3, -0.25) is 4.79 Å². The van der Waals surface area contributed by atoms with Crippen molar-refractivity contribution in [1.29, 1.82) is 0 Å². The topological polar surface area (TPSA) is 98.7 Å². The van der Waals surface area contributed by atoms with Gasteiger partial charge >= 0.3 is 0 Å². The lowest BCUT2D eigenvalue weighted by Crippen LogP contribution is -2.16. The van der Waals surface area contributed by atoms with E-state index in [1.165, 1.54) is 12.4 Å². The molecule has 104 valence electrons. The molecule has 21 heavy (non-hydrogen) atoms. The summed E-state index contributed by atoms with van der Waals surface area (Å²) in [6.07, 6.45) is 6.36. The van der Waals surface area contributed by atoms with Gasteiger partial charge in [0, 0.05) is 30.5 Å². The molecule has 0 radical (unpaired) electrons. The SMILES string of the molecule is Nc1nccnc1C(=O)Nc1cccc(-n2cccn2)c1. The second-order valence-electron chi connectivity index (χ2n) is 4.25. The van der Waals surface area contributed by atoms with E-state index in [1.807, 2.05) is 24.4 Å². The minimum absolute atomic E-state index is 0.0956. The molecule has 0 atom stereocenters. The third-order valence-corrected chi connectivity index (χ3v) is 2.81. The van der Waals surface area contributed by atoms with Crippen LogP contribution < -0.4 is 11.1 Å². The Morgan fingerprint density at radius 1 is 1.14 bits per heavy atom.